The zero-order chi connectivity index (χ0) is 14.8. The molecule has 0 amide bonds. The minimum Gasteiger partial charge on any atom is -0.298 e. The van der Waals surface area contributed by atoms with Crippen molar-refractivity contribution < 1.29 is 4.79 Å². The van der Waals surface area contributed by atoms with Crippen molar-refractivity contribution in [3.05, 3.63) is 54.0 Å². The molecule has 0 spiro atoms. The van der Waals surface area contributed by atoms with Crippen molar-refractivity contribution in [2.75, 3.05) is 0 Å². The molecule has 3 aromatic rings. The molecule has 0 bridgehead atoms. The number of para-hydroxylation sites is 1. The number of nitrogens with zero attached hydrogens (tertiary/aromatic N) is 4. The molecule has 3 rings (SSSR count). The van der Waals surface area contributed by atoms with Crippen molar-refractivity contribution in [3.63, 3.8) is 0 Å². The van der Waals surface area contributed by atoms with Crippen molar-refractivity contribution in [1.29, 1.82) is 0 Å². The van der Waals surface area contributed by atoms with Gasteiger partial charge in [0.05, 0.1) is 17.4 Å². The minimum absolute atomic E-state index is 0.564. The number of hydrogen-bond donors (Lipinski definition) is 0. The summed E-state index contributed by atoms with van der Waals surface area (Å²) >= 11 is 0. The molecular weight excluding hydrogens is 264 g/mol. The Morgan fingerprint density at radius 2 is 2.05 bits per heavy atom. The van der Waals surface area contributed by atoms with Crippen LogP contribution in [0.4, 0.5) is 0 Å². The van der Waals surface area contributed by atoms with E-state index in [1.165, 1.54) is 0 Å². The van der Waals surface area contributed by atoms with Gasteiger partial charge < -0.3 is 0 Å². The van der Waals surface area contributed by atoms with Gasteiger partial charge in [-0.1, -0.05) is 18.2 Å². The number of aldehydes is 1. The van der Waals surface area contributed by atoms with Crippen LogP contribution in [0, 0.1) is 6.92 Å². The summed E-state index contributed by atoms with van der Waals surface area (Å²) < 4.78 is 3.56. The van der Waals surface area contributed by atoms with Gasteiger partial charge in [0.15, 0.2) is 6.29 Å². The minimum atomic E-state index is 0.564. The third-order valence-electron chi connectivity index (χ3n) is 3.46. The Morgan fingerprint density at radius 3 is 2.71 bits per heavy atom. The average Bonchev–Trinajstić information content (AvgIpc) is 3.13. The van der Waals surface area contributed by atoms with Crippen LogP contribution in [-0.2, 0) is 6.54 Å². The number of hydrogen-bond acceptors (Lipinski definition) is 3. The Kier molecular flexibility index (Phi) is 3.39. The van der Waals surface area contributed by atoms with Crippen molar-refractivity contribution in [1.82, 2.24) is 19.6 Å². The summed E-state index contributed by atoms with van der Waals surface area (Å²) in [5.41, 5.74) is 4.15. The maximum atomic E-state index is 11.3. The lowest BCUT2D eigenvalue weighted by Gasteiger charge is -2.04. The molecule has 0 aliphatic heterocycles. The van der Waals surface area contributed by atoms with Crippen molar-refractivity contribution in [2.45, 2.75) is 20.4 Å². The number of aromatic nitrogens is 4. The molecule has 21 heavy (non-hydrogen) atoms. The summed E-state index contributed by atoms with van der Waals surface area (Å²) in [6.07, 6.45) is 6.23. The highest BCUT2D eigenvalue weighted by atomic mass is 16.1. The van der Waals surface area contributed by atoms with Gasteiger partial charge in [-0.05, 0) is 25.5 Å². The highest BCUT2D eigenvalue weighted by Crippen LogP contribution is 2.23. The number of carbonyl (C=O) groups excluding carboxylic acids is 1. The average molecular weight is 280 g/mol. The molecule has 5 nitrogen and oxygen atoms in total. The fraction of sp³-hybridized carbons (Fsp3) is 0.188. The van der Waals surface area contributed by atoms with Gasteiger partial charge in [0, 0.05) is 24.5 Å². The zero-order valence-corrected chi connectivity index (χ0v) is 12.0. The zero-order valence-electron chi connectivity index (χ0n) is 12.0. The molecule has 0 fully saturated rings. The Hall–Kier alpha value is -2.69. The van der Waals surface area contributed by atoms with Crippen molar-refractivity contribution >= 4 is 6.29 Å². The van der Waals surface area contributed by atoms with Crippen LogP contribution in [0.2, 0.25) is 0 Å². The van der Waals surface area contributed by atoms with Crippen LogP contribution in [0.1, 0.15) is 22.8 Å². The summed E-state index contributed by atoms with van der Waals surface area (Å²) in [6.45, 7) is 4.82. The van der Waals surface area contributed by atoms with E-state index in [1.807, 2.05) is 49.0 Å². The maximum absolute atomic E-state index is 11.3. The lowest BCUT2D eigenvalue weighted by molar-refractivity contribution is 0.112. The fourth-order valence-electron chi connectivity index (χ4n) is 2.30. The first-order valence-corrected chi connectivity index (χ1v) is 6.86. The van der Waals surface area contributed by atoms with Gasteiger partial charge in [0.25, 0.3) is 0 Å². The normalized spacial score (nSPS) is 10.8. The first kappa shape index (κ1) is 13.3. The molecule has 0 radical (unpaired) electrons. The lowest BCUT2D eigenvalue weighted by Crippen LogP contribution is -1.97. The number of aryl methyl sites for hydroxylation is 2. The summed E-state index contributed by atoms with van der Waals surface area (Å²) in [6, 6.07) is 7.94. The lowest BCUT2D eigenvalue weighted by atomic mass is 10.2. The van der Waals surface area contributed by atoms with E-state index in [-0.39, 0.29) is 0 Å². The topological polar surface area (TPSA) is 52.7 Å². The van der Waals surface area contributed by atoms with E-state index in [1.54, 1.807) is 17.1 Å². The van der Waals surface area contributed by atoms with E-state index in [2.05, 4.69) is 10.2 Å². The molecule has 0 saturated carbocycles. The van der Waals surface area contributed by atoms with Crippen LogP contribution in [0.3, 0.4) is 0 Å². The van der Waals surface area contributed by atoms with Gasteiger partial charge in [0.2, 0.25) is 0 Å². The fourth-order valence-corrected chi connectivity index (χ4v) is 2.30. The molecule has 5 heteroatoms. The van der Waals surface area contributed by atoms with Gasteiger partial charge >= 0.3 is 0 Å². The standard InChI is InChI=1S/C16H16N4O/c1-3-19-9-13(8-17-19)16-14(11-21)10-20(18-16)15-7-5-4-6-12(15)2/h4-11H,3H2,1-2H3. The largest absolute Gasteiger partial charge is 0.298 e. The Labute approximate surface area is 122 Å². The van der Waals surface area contributed by atoms with E-state index >= 15 is 0 Å². The van der Waals surface area contributed by atoms with Crippen LogP contribution >= 0.6 is 0 Å². The first-order valence-electron chi connectivity index (χ1n) is 6.86. The van der Waals surface area contributed by atoms with Gasteiger partial charge in [-0.3, -0.25) is 9.48 Å². The van der Waals surface area contributed by atoms with Gasteiger partial charge in [-0.2, -0.15) is 10.2 Å². The van der Waals surface area contributed by atoms with Crippen LogP contribution in [-0.4, -0.2) is 25.8 Å². The molecule has 1 aromatic carbocycles. The second-order valence-electron chi connectivity index (χ2n) is 4.87. The van der Waals surface area contributed by atoms with E-state index in [0.717, 1.165) is 29.6 Å². The second kappa shape index (κ2) is 5.36. The summed E-state index contributed by atoms with van der Waals surface area (Å²) in [5.74, 6) is 0. The molecule has 106 valence electrons. The van der Waals surface area contributed by atoms with E-state index < -0.39 is 0 Å². The molecule has 0 atom stereocenters. The van der Waals surface area contributed by atoms with E-state index in [9.17, 15) is 4.79 Å². The number of rotatable bonds is 4. The highest BCUT2D eigenvalue weighted by Gasteiger charge is 2.14. The smallest absolute Gasteiger partial charge is 0.153 e. The summed E-state index contributed by atoms with van der Waals surface area (Å²) in [7, 11) is 0. The molecule has 0 aliphatic rings. The van der Waals surface area contributed by atoms with Gasteiger partial charge in [-0.25, -0.2) is 4.68 Å². The number of carbonyl (C=O) groups is 1. The highest BCUT2D eigenvalue weighted by molar-refractivity contribution is 5.85. The quantitative estimate of drug-likeness (QED) is 0.690. The Balaban J connectivity index is 2.10. The molecule has 0 aliphatic carbocycles. The third-order valence-corrected chi connectivity index (χ3v) is 3.46. The van der Waals surface area contributed by atoms with Gasteiger partial charge in [0.1, 0.15) is 5.69 Å². The van der Waals surface area contributed by atoms with E-state index in [0.29, 0.717) is 11.3 Å². The summed E-state index contributed by atoms with van der Waals surface area (Å²) in [5, 5.41) is 8.80. The Morgan fingerprint density at radius 1 is 1.24 bits per heavy atom. The van der Waals surface area contributed by atoms with E-state index in [4.69, 9.17) is 0 Å². The molecule has 0 unspecified atom stereocenters. The molecule has 0 saturated heterocycles. The molecule has 2 aromatic heterocycles. The van der Waals surface area contributed by atoms with Crippen LogP contribution in [0.25, 0.3) is 16.9 Å². The monoisotopic (exact) mass is 280 g/mol. The molecule has 0 N–H and O–H groups in total. The predicted octanol–water partition coefficient (Wildman–Crippen LogP) is 2.88. The summed E-state index contributed by atoms with van der Waals surface area (Å²) in [4.78, 5) is 11.3. The van der Waals surface area contributed by atoms with Crippen LogP contribution in [0.15, 0.2) is 42.9 Å². The second-order valence-corrected chi connectivity index (χ2v) is 4.87. The first-order chi connectivity index (χ1) is 10.2. The maximum Gasteiger partial charge on any atom is 0.153 e. The predicted molar refractivity (Wildman–Crippen MR) is 80.6 cm³/mol. The van der Waals surface area contributed by atoms with Crippen LogP contribution in [0.5, 0.6) is 0 Å². The number of benzene rings is 1. The van der Waals surface area contributed by atoms with Crippen molar-refractivity contribution in [2.24, 2.45) is 0 Å². The molecule has 2 heterocycles. The third kappa shape index (κ3) is 2.38. The van der Waals surface area contributed by atoms with Gasteiger partial charge in [-0.15, -0.1) is 0 Å². The van der Waals surface area contributed by atoms with Crippen LogP contribution < -0.4 is 0 Å². The Bertz CT molecular complexity index is 785. The van der Waals surface area contributed by atoms with Crippen molar-refractivity contribution in [3.8, 4) is 16.9 Å². The molecular formula is C16H16N4O. The SMILES string of the molecule is CCn1cc(-c2nn(-c3ccccc3C)cc2C=O)cn1.